The van der Waals surface area contributed by atoms with Crippen LogP contribution < -0.4 is 0 Å². The summed E-state index contributed by atoms with van der Waals surface area (Å²) in [5.41, 5.74) is 4.94. The third-order valence-electron chi connectivity index (χ3n) is 4.79. The fraction of sp³-hybridized carbons (Fsp3) is 0.333. The number of piperazine rings is 1. The number of carboxylic acid groups (broad SMARTS) is 1. The molecule has 1 fully saturated rings. The molecule has 0 aromatic heterocycles. The van der Waals surface area contributed by atoms with E-state index >= 15 is 0 Å². The highest BCUT2D eigenvalue weighted by Crippen LogP contribution is 2.15. The van der Waals surface area contributed by atoms with E-state index in [0.717, 1.165) is 32.7 Å². The molecule has 1 aliphatic heterocycles. The SMILES string of the molecule is Cc1ccc(CN2CCN(N=Cc3ccccc3C(=O)O)CC2)c(C)c1. The molecule has 0 amide bonds. The van der Waals surface area contributed by atoms with Crippen LogP contribution in [0.4, 0.5) is 0 Å². The summed E-state index contributed by atoms with van der Waals surface area (Å²) in [6, 6.07) is 13.6. The predicted octanol–water partition coefficient (Wildman–Crippen LogP) is 3.15. The standard InChI is InChI=1S/C21H25N3O2/c1-16-7-8-19(17(2)13-16)15-23-9-11-24(12-10-23)22-14-18-5-3-4-6-20(18)21(25)26/h3-8,13-14H,9-12,15H2,1-2H3,(H,25,26). The van der Waals surface area contributed by atoms with Crippen molar-refractivity contribution in [2.45, 2.75) is 20.4 Å². The molecular weight excluding hydrogens is 326 g/mol. The van der Waals surface area contributed by atoms with Gasteiger partial charge in [0, 0.05) is 38.3 Å². The second kappa shape index (κ2) is 8.15. The zero-order valence-corrected chi connectivity index (χ0v) is 15.4. The van der Waals surface area contributed by atoms with E-state index in [2.05, 4.69) is 42.0 Å². The Morgan fingerprint density at radius 1 is 1.12 bits per heavy atom. The molecule has 2 aromatic carbocycles. The Bertz CT molecular complexity index is 809. The van der Waals surface area contributed by atoms with Crippen molar-refractivity contribution in [1.82, 2.24) is 9.91 Å². The van der Waals surface area contributed by atoms with Gasteiger partial charge >= 0.3 is 5.97 Å². The fourth-order valence-corrected chi connectivity index (χ4v) is 3.22. The van der Waals surface area contributed by atoms with Gasteiger partial charge in [-0.05, 0) is 31.0 Å². The molecule has 0 atom stereocenters. The van der Waals surface area contributed by atoms with Crippen LogP contribution in [0.1, 0.15) is 32.6 Å². The van der Waals surface area contributed by atoms with Crippen molar-refractivity contribution in [1.29, 1.82) is 0 Å². The summed E-state index contributed by atoms with van der Waals surface area (Å²) >= 11 is 0. The first-order valence-electron chi connectivity index (χ1n) is 8.92. The molecule has 26 heavy (non-hydrogen) atoms. The lowest BCUT2D eigenvalue weighted by molar-refractivity contribution is 0.0696. The number of aromatic carboxylic acids is 1. The predicted molar refractivity (Wildman–Crippen MR) is 104 cm³/mol. The smallest absolute Gasteiger partial charge is 0.336 e. The Morgan fingerprint density at radius 2 is 1.85 bits per heavy atom. The van der Waals surface area contributed by atoms with Crippen LogP contribution in [-0.2, 0) is 6.54 Å². The molecule has 0 aliphatic carbocycles. The minimum Gasteiger partial charge on any atom is -0.478 e. The summed E-state index contributed by atoms with van der Waals surface area (Å²) in [4.78, 5) is 13.7. The van der Waals surface area contributed by atoms with Gasteiger partial charge in [0.25, 0.3) is 0 Å². The zero-order chi connectivity index (χ0) is 18.5. The van der Waals surface area contributed by atoms with Crippen molar-refractivity contribution >= 4 is 12.2 Å². The number of benzene rings is 2. The molecule has 1 aliphatic rings. The molecular formula is C21H25N3O2. The van der Waals surface area contributed by atoms with Crippen molar-refractivity contribution in [3.63, 3.8) is 0 Å². The molecule has 2 aromatic rings. The molecule has 1 heterocycles. The Kier molecular flexibility index (Phi) is 5.68. The largest absolute Gasteiger partial charge is 0.478 e. The van der Waals surface area contributed by atoms with E-state index in [4.69, 9.17) is 0 Å². The maximum Gasteiger partial charge on any atom is 0.336 e. The first kappa shape index (κ1) is 18.1. The zero-order valence-electron chi connectivity index (χ0n) is 15.4. The van der Waals surface area contributed by atoms with E-state index in [9.17, 15) is 9.90 Å². The van der Waals surface area contributed by atoms with Gasteiger partial charge in [-0.15, -0.1) is 0 Å². The van der Waals surface area contributed by atoms with Crippen LogP contribution in [0, 0.1) is 13.8 Å². The molecule has 1 saturated heterocycles. The number of hydrogen-bond acceptors (Lipinski definition) is 4. The summed E-state index contributed by atoms with van der Waals surface area (Å²) in [5.74, 6) is -0.926. The van der Waals surface area contributed by atoms with Gasteiger partial charge in [-0.1, -0.05) is 42.0 Å². The van der Waals surface area contributed by atoms with E-state index in [1.165, 1.54) is 16.7 Å². The van der Waals surface area contributed by atoms with Gasteiger partial charge in [-0.3, -0.25) is 9.91 Å². The van der Waals surface area contributed by atoms with E-state index in [1.807, 2.05) is 11.1 Å². The van der Waals surface area contributed by atoms with Crippen LogP contribution in [0.25, 0.3) is 0 Å². The van der Waals surface area contributed by atoms with Gasteiger partial charge in [-0.25, -0.2) is 4.79 Å². The molecule has 3 rings (SSSR count). The van der Waals surface area contributed by atoms with Crippen LogP contribution in [0.2, 0.25) is 0 Å². The minimum atomic E-state index is -0.926. The van der Waals surface area contributed by atoms with Crippen LogP contribution >= 0.6 is 0 Å². The highest BCUT2D eigenvalue weighted by atomic mass is 16.4. The number of hydrogen-bond donors (Lipinski definition) is 1. The van der Waals surface area contributed by atoms with Crippen molar-refractivity contribution in [3.05, 3.63) is 70.3 Å². The van der Waals surface area contributed by atoms with Crippen LogP contribution in [0.5, 0.6) is 0 Å². The van der Waals surface area contributed by atoms with E-state index < -0.39 is 5.97 Å². The van der Waals surface area contributed by atoms with Gasteiger partial charge in [0.05, 0.1) is 11.8 Å². The number of carboxylic acids is 1. The van der Waals surface area contributed by atoms with Gasteiger partial charge in [-0.2, -0.15) is 5.10 Å². The topological polar surface area (TPSA) is 56.1 Å². The fourth-order valence-electron chi connectivity index (χ4n) is 3.22. The molecule has 0 bridgehead atoms. The van der Waals surface area contributed by atoms with Crippen molar-refractivity contribution < 1.29 is 9.90 Å². The van der Waals surface area contributed by atoms with Crippen LogP contribution in [0.3, 0.4) is 0 Å². The summed E-state index contributed by atoms with van der Waals surface area (Å²) in [7, 11) is 0. The highest BCUT2D eigenvalue weighted by molar-refractivity contribution is 5.98. The first-order chi connectivity index (χ1) is 12.5. The van der Waals surface area contributed by atoms with E-state index in [-0.39, 0.29) is 5.56 Å². The monoisotopic (exact) mass is 351 g/mol. The molecule has 0 unspecified atom stereocenters. The summed E-state index contributed by atoms with van der Waals surface area (Å²) in [6.45, 7) is 8.84. The maximum absolute atomic E-state index is 11.3. The molecule has 1 N–H and O–H groups in total. The highest BCUT2D eigenvalue weighted by Gasteiger charge is 2.16. The van der Waals surface area contributed by atoms with Gasteiger partial charge in [0.2, 0.25) is 0 Å². The van der Waals surface area contributed by atoms with E-state index in [0.29, 0.717) is 5.56 Å². The Morgan fingerprint density at radius 3 is 2.54 bits per heavy atom. The van der Waals surface area contributed by atoms with Gasteiger partial charge < -0.3 is 5.11 Å². The van der Waals surface area contributed by atoms with Gasteiger partial charge in [0.1, 0.15) is 0 Å². The number of aryl methyl sites for hydroxylation is 2. The second-order valence-corrected chi connectivity index (χ2v) is 6.80. The summed E-state index contributed by atoms with van der Waals surface area (Å²) in [5, 5.41) is 15.7. The Labute approximate surface area is 154 Å². The number of nitrogens with zero attached hydrogens (tertiary/aromatic N) is 3. The molecule has 0 radical (unpaired) electrons. The molecule has 0 spiro atoms. The molecule has 0 saturated carbocycles. The van der Waals surface area contributed by atoms with Crippen LogP contribution in [0.15, 0.2) is 47.6 Å². The Hall–Kier alpha value is -2.66. The molecule has 136 valence electrons. The Balaban J connectivity index is 1.56. The van der Waals surface area contributed by atoms with E-state index in [1.54, 1.807) is 24.4 Å². The average Bonchev–Trinajstić information content (AvgIpc) is 2.63. The number of rotatable bonds is 5. The third-order valence-corrected chi connectivity index (χ3v) is 4.79. The molecule has 5 nitrogen and oxygen atoms in total. The summed E-state index contributed by atoms with van der Waals surface area (Å²) < 4.78 is 0. The number of carbonyl (C=O) groups is 1. The van der Waals surface area contributed by atoms with Crippen molar-refractivity contribution in [3.8, 4) is 0 Å². The van der Waals surface area contributed by atoms with Gasteiger partial charge in [0.15, 0.2) is 0 Å². The van der Waals surface area contributed by atoms with Crippen LogP contribution in [-0.4, -0.2) is 53.4 Å². The molecule has 5 heteroatoms. The normalized spacial score (nSPS) is 15.5. The maximum atomic E-state index is 11.3. The quantitative estimate of drug-likeness (QED) is 0.841. The van der Waals surface area contributed by atoms with Crippen molar-refractivity contribution in [2.75, 3.05) is 26.2 Å². The lowest BCUT2D eigenvalue weighted by Crippen LogP contribution is -2.43. The number of hydrazone groups is 1. The summed E-state index contributed by atoms with van der Waals surface area (Å²) in [6.07, 6.45) is 1.66. The third kappa shape index (κ3) is 4.49. The first-order valence-corrected chi connectivity index (χ1v) is 8.92. The second-order valence-electron chi connectivity index (χ2n) is 6.80. The lowest BCUT2D eigenvalue weighted by Gasteiger charge is -2.33. The minimum absolute atomic E-state index is 0.282. The average molecular weight is 351 g/mol. The lowest BCUT2D eigenvalue weighted by atomic mass is 10.1. The van der Waals surface area contributed by atoms with Crippen molar-refractivity contribution in [2.24, 2.45) is 5.10 Å².